The molecule has 8 nitrogen and oxygen atoms in total. The first-order valence-corrected chi connectivity index (χ1v) is 6.43. The molecule has 2 atom stereocenters. The lowest BCUT2D eigenvalue weighted by Crippen LogP contribution is -2.48. The van der Waals surface area contributed by atoms with Crippen molar-refractivity contribution < 1.29 is 19.1 Å². The van der Waals surface area contributed by atoms with Crippen molar-refractivity contribution in [2.24, 2.45) is 0 Å². The van der Waals surface area contributed by atoms with Crippen molar-refractivity contribution in [2.75, 3.05) is 26.8 Å². The van der Waals surface area contributed by atoms with Crippen LogP contribution in [0.5, 0.6) is 0 Å². The lowest BCUT2D eigenvalue weighted by Gasteiger charge is -2.33. The van der Waals surface area contributed by atoms with Gasteiger partial charge in [0.25, 0.3) is 0 Å². The molecule has 0 spiro atoms. The summed E-state index contributed by atoms with van der Waals surface area (Å²) < 4.78 is 11.6. The molecule has 1 aromatic rings. The average molecular weight is 282 g/mol. The molecule has 110 valence electrons. The molecule has 1 saturated heterocycles. The molecular formula is C12H18N4O4. The van der Waals surface area contributed by atoms with Crippen LogP contribution in [-0.2, 0) is 19.1 Å². The lowest BCUT2D eigenvalue weighted by molar-refractivity contribution is -0.151. The molecule has 1 aliphatic heterocycles. The molecule has 1 fully saturated rings. The van der Waals surface area contributed by atoms with Crippen molar-refractivity contribution in [2.45, 2.75) is 25.5 Å². The van der Waals surface area contributed by atoms with Gasteiger partial charge in [0.15, 0.2) is 0 Å². The zero-order chi connectivity index (χ0) is 14.5. The Morgan fingerprint density at radius 1 is 1.55 bits per heavy atom. The second-order valence-corrected chi connectivity index (χ2v) is 4.61. The Hall–Kier alpha value is -1.96. The van der Waals surface area contributed by atoms with E-state index in [0.29, 0.717) is 19.7 Å². The van der Waals surface area contributed by atoms with E-state index in [1.54, 1.807) is 11.8 Å². The van der Waals surface area contributed by atoms with E-state index < -0.39 is 6.04 Å². The number of ether oxygens (including phenoxy) is 2. The fraction of sp³-hybridized carbons (Fsp3) is 0.667. The van der Waals surface area contributed by atoms with Gasteiger partial charge in [-0.15, -0.1) is 0 Å². The van der Waals surface area contributed by atoms with Gasteiger partial charge in [0.1, 0.15) is 18.7 Å². The van der Waals surface area contributed by atoms with Gasteiger partial charge in [0.2, 0.25) is 5.91 Å². The van der Waals surface area contributed by atoms with Gasteiger partial charge in [0.05, 0.1) is 26.2 Å². The third kappa shape index (κ3) is 3.32. The maximum absolute atomic E-state index is 12.4. The van der Waals surface area contributed by atoms with Crippen LogP contribution in [-0.4, -0.2) is 64.5 Å². The van der Waals surface area contributed by atoms with Crippen LogP contribution in [0.3, 0.4) is 0 Å². The Morgan fingerprint density at radius 2 is 2.35 bits per heavy atom. The zero-order valence-corrected chi connectivity index (χ0v) is 11.6. The Labute approximate surface area is 116 Å². The molecule has 2 heterocycles. The second-order valence-electron chi connectivity index (χ2n) is 4.61. The molecule has 1 aromatic heterocycles. The minimum absolute atomic E-state index is 0.0614. The van der Waals surface area contributed by atoms with Crippen molar-refractivity contribution in [3.8, 4) is 0 Å². The quantitative estimate of drug-likeness (QED) is 0.700. The fourth-order valence-electron chi connectivity index (χ4n) is 2.11. The number of methoxy groups -OCH3 is 1. The predicted molar refractivity (Wildman–Crippen MR) is 67.7 cm³/mol. The monoisotopic (exact) mass is 282 g/mol. The summed E-state index contributed by atoms with van der Waals surface area (Å²) in [7, 11) is 1.33. The molecule has 2 rings (SSSR count). The van der Waals surface area contributed by atoms with Gasteiger partial charge in [-0.2, -0.15) is 5.10 Å². The van der Waals surface area contributed by atoms with E-state index in [0.717, 1.165) is 0 Å². The van der Waals surface area contributed by atoms with Gasteiger partial charge in [-0.25, -0.2) is 9.67 Å². The maximum Gasteiger partial charge on any atom is 0.308 e. The number of aromatic nitrogens is 3. The molecule has 20 heavy (non-hydrogen) atoms. The minimum Gasteiger partial charge on any atom is -0.469 e. The largest absolute Gasteiger partial charge is 0.469 e. The molecular weight excluding hydrogens is 264 g/mol. The highest BCUT2D eigenvalue weighted by atomic mass is 16.5. The highest BCUT2D eigenvalue weighted by Crippen LogP contribution is 2.14. The molecule has 1 amide bonds. The molecule has 0 N–H and O–H groups in total. The summed E-state index contributed by atoms with van der Waals surface area (Å²) >= 11 is 0. The number of esters is 1. The lowest BCUT2D eigenvalue weighted by atomic mass is 10.2. The molecule has 0 bridgehead atoms. The summed E-state index contributed by atoms with van der Waals surface area (Å²) in [5, 5.41) is 3.97. The molecule has 1 aliphatic rings. The van der Waals surface area contributed by atoms with E-state index >= 15 is 0 Å². The third-order valence-electron chi connectivity index (χ3n) is 3.26. The Kier molecular flexibility index (Phi) is 4.67. The molecule has 0 aromatic carbocycles. The summed E-state index contributed by atoms with van der Waals surface area (Å²) in [5.41, 5.74) is 0. The Bertz CT molecular complexity index is 462. The van der Waals surface area contributed by atoms with Crippen molar-refractivity contribution in [1.29, 1.82) is 0 Å². The topological polar surface area (TPSA) is 86.6 Å². The third-order valence-corrected chi connectivity index (χ3v) is 3.26. The van der Waals surface area contributed by atoms with Crippen LogP contribution in [0.15, 0.2) is 12.7 Å². The molecule has 0 saturated carbocycles. The number of nitrogens with zero attached hydrogens (tertiary/aromatic N) is 4. The van der Waals surface area contributed by atoms with E-state index in [2.05, 4.69) is 14.8 Å². The fourth-order valence-corrected chi connectivity index (χ4v) is 2.11. The van der Waals surface area contributed by atoms with Crippen LogP contribution in [0.25, 0.3) is 0 Å². The van der Waals surface area contributed by atoms with Gasteiger partial charge in [-0.05, 0) is 6.92 Å². The molecule has 0 radical (unpaired) electrons. The van der Waals surface area contributed by atoms with Crippen LogP contribution in [0.1, 0.15) is 19.4 Å². The first kappa shape index (κ1) is 14.4. The molecule has 2 unspecified atom stereocenters. The zero-order valence-electron chi connectivity index (χ0n) is 11.6. The summed E-state index contributed by atoms with van der Waals surface area (Å²) in [6.45, 7) is 3.07. The van der Waals surface area contributed by atoms with Gasteiger partial charge in [-0.1, -0.05) is 0 Å². The van der Waals surface area contributed by atoms with E-state index in [9.17, 15) is 9.59 Å². The first-order valence-electron chi connectivity index (χ1n) is 6.43. The summed E-state index contributed by atoms with van der Waals surface area (Å²) in [6.07, 6.45) is 2.74. The van der Waals surface area contributed by atoms with Crippen molar-refractivity contribution >= 4 is 11.9 Å². The normalized spacial score (nSPS) is 20.5. The van der Waals surface area contributed by atoms with Crippen LogP contribution in [0.2, 0.25) is 0 Å². The minimum atomic E-state index is -0.422. The van der Waals surface area contributed by atoms with Gasteiger partial charge in [-0.3, -0.25) is 9.59 Å². The van der Waals surface area contributed by atoms with Crippen LogP contribution in [0, 0.1) is 0 Å². The standard InChI is InChI=1S/C12H18N4O4/c1-9(16-8-13-7-14-16)12(18)15-3-4-20-10(6-15)5-11(17)19-2/h7-10H,3-6H2,1-2H3. The number of carbonyl (C=O) groups excluding carboxylic acids is 2. The smallest absolute Gasteiger partial charge is 0.308 e. The predicted octanol–water partition coefficient (Wildman–Crippen LogP) is -0.370. The summed E-state index contributed by atoms with van der Waals surface area (Å²) in [6, 6.07) is -0.422. The second kappa shape index (κ2) is 6.47. The molecule has 0 aliphatic carbocycles. The van der Waals surface area contributed by atoms with Crippen LogP contribution in [0.4, 0.5) is 0 Å². The van der Waals surface area contributed by atoms with E-state index in [4.69, 9.17) is 4.74 Å². The van der Waals surface area contributed by atoms with Gasteiger partial charge < -0.3 is 14.4 Å². The SMILES string of the molecule is COC(=O)CC1CN(C(=O)C(C)n2cncn2)CCO1. The number of morpholine rings is 1. The van der Waals surface area contributed by atoms with E-state index in [-0.39, 0.29) is 24.4 Å². The number of carbonyl (C=O) groups is 2. The van der Waals surface area contributed by atoms with Gasteiger partial charge in [0, 0.05) is 13.1 Å². The Balaban J connectivity index is 1.94. The molecule has 8 heteroatoms. The number of rotatable bonds is 4. The van der Waals surface area contributed by atoms with Crippen molar-refractivity contribution in [3.05, 3.63) is 12.7 Å². The number of hydrogen-bond donors (Lipinski definition) is 0. The first-order chi connectivity index (χ1) is 9.61. The Morgan fingerprint density at radius 3 is 3.00 bits per heavy atom. The van der Waals surface area contributed by atoms with E-state index in [1.165, 1.54) is 24.4 Å². The van der Waals surface area contributed by atoms with Crippen LogP contribution < -0.4 is 0 Å². The van der Waals surface area contributed by atoms with Crippen molar-refractivity contribution in [3.63, 3.8) is 0 Å². The van der Waals surface area contributed by atoms with Gasteiger partial charge >= 0.3 is 5.97 Å². The highest BCUT2D eigenvalue weighted by molar-refractivity contribution is 5.80. The summed E-state index contributed by atoms with van der Waals surface area (Å²) in [4.78, 5) is 29.1. The van der Waals surface area contributed by atoms with E-state index in [1.807, 2.05) is 0 Å². The maximum atomic E-state index is 12.4. The number of hydrogen-bond acceptors (Lipinski definition) is 6. The van der Waals surface area contributed by atoms with Crippen molar-refractivity contribution in [1.82, 2.24) is 19.7 Å². The number of amides is 1. The average Bonchev–Trinajstić information content (AvgIpc) is 3.00. The summed E-state index contributed by atoms with van der Waals surface area (Å²) in [5.74, 6) is -0.401. The highest BCUT2D eigenvalue weighted by Gasteiger charge is 2.29. The van der Waals surface area contributed by atoms with Crippen LogP contribution >= 0.6 is 0 Å².